The average molecular weight is 384 g/mol. The van der Waals surface area contributed by atoms with Gasteiger partial charge in [0.05, 0.1) is 19.6 Å². The smallest absolute Gasteiger partial charge is 0.236 e. The Morgan fingerprint density at radius 3 is 2.35 bits per heavy atom. The van der Waals surface area contributed by atoms with E-state index in [1.165, 1.54) is 0 Å². The molecule has 0 spiro atoms. The van der Waals surface area contributed by atoms with Gasteiger partial charge >= 0.3 is 0 Å². The molecule has 0 aromatic heterocycles. The van der Waals surface area contributed by atoms with E-state index >= 15 is 0 Å². The van der Waals surface area contributed by atoms with Gasteiger partial charge in [0.25, 0.3) is 0 Å². The summed E-state index contributed by atoms with van der Waals surface area (Å²) in [7, 11) is 0. The number of nitrogens with zero attached hydrogens (tertiary/aromatic N) is 2. The number of nitrogens with two attached hydrogens (primary N) is 1. The Morgan fingerprint density at radius 1 is 1.17 bits per heavy atom. The van der Waals surface area contributed by atoms with Gasteiger partial charge < -0.3 is 20.3 Å². The molecule has 2 N–H and O–H groups in total. The topological polar surface area (TPSA) is 75.9 Å². The van der Waals surface area contributed by atoms with Crippen LogP contribution in [0.2, 0.25) is 0 Å². The fourth-order valence-electron chi connectivity index (χ4n) is 2.52. The molecule has 2 amide bonds. The minimum absolute atomic E-state index is 0.0222. The van der Waals surface area contributed by atoms with Crippen LogP contribution in [0, 0.1) is 6.92 Å². The normalized spacial score (nSPS) is 14.7. The summed E-state index contributed by atoms with van der Waals surface area (Å²) in [5.41, 5.74) is 6.38. The molecule has 126 valence electrons. The summed E-state index contributed by atoms with van der Waals surface area (Å²) in [4.78, 5) is 27.2. The summed E-state index contributed by atoms with van der Waals surface area (Å²) < 4.78 is 6.68. The highest BCUT2D eigenvalue weighted by molar-refractivity contribution is 9.10. The summed E-state index contributed by atoms with van der Waals surface area (Å²) in [6.07, 6.45) is 0.334. The van der Waals surface area contributed by atoms with Crippen molar-refractivity contribution in [3.05, 3.63) is 28.2 Å². The van der Waals surface area contributed by atoms with Crippen LogP contribution in [0.15, 0.2) is 22.7 Å². The van der Waals surface area contributed by atoms with Gasteiger partial charge in [-0.15, -0.1) is 0 Å². The van der Waals surface area contributed by atoms with E-state index in [0.717, 1.165) is 15.8 Å². The summed E-state index contributed by atoms with van der Waals surface area (Å²) in [6.45, 7) is 4.56. The van der Waals surface area contributed by atoms with E-state index in [-0.39, 0.29) is 18.4 Å². The molecule has 2 rings (SSSR count). The van der Waals surface area contributed by atoms with Gasteiger partial charge in [-0.3, -0.25) is 9.59 Å². The minimum Gasteiger partial charge on any atom is -0.493 e. The SMILES string of the molecule is Cc1cc(Br)ccc1OCCC(=O)N1CCN(C(=O)CN)CC1. The number of aryl methyl sites for hydroxylation is 1. The van der Waals surface area contributed by atoms with Crippen molar-refractivity contribution in [1.29, 1.82) is 0 Å². The van der Waals surface area contributed by atoms with Gasteiger partial charge in [0.1, 0.15) is 5.75 Å². The molecule has 7 heteroatoms. The molecular weight excluding hydrogens is 362 g/mol. The first-order valence-electron chi connectivity index (χ1n) is 7.66. The molecule has 0 aliphatic carbocycles. The van der Waals surface area contributed by atoms with E-state index in [2.05, 4.69) is 15.9 Å². The molecule has 6 nitrogen and oxygen atoms in total. The quantitative estimate of drug-likeness (QED) is 0.827. The lowest BCUT2D eigenvalue weighted by atomic mass is 10.2. The number of carbonyl (C=O) groups is 2. The van der Waals surface area contributed by atoms with Gasteiger partial charge in [-0.05, 0) is 30.7 Å². The first-order chi connectivity index (χ1) is 11.0. The average Bonchev–Trinajstić information content (AvgIpc) is 2.56. The molecule has 1 aliphatic heterocycles. The lowest BCUT2D eigenvalue weighted by Crippen LogP contribution is -2.52. The van der Waals surface area contributed by atoms with Crippen LogP contribution >= 0.6 is 15.9 Å². The van der Waals surface area contributed by atoms with Crippen molar-refractivity contribution in [1.82, 2.24) is 9.80 Å². The van der Waals surface area contributed by atoms with Crippen LogP contribution in [0.3, 0.4) is 0 Å². The lowest BCUT2D eigenvalue weighted by molar-refractivity contribution is -0.139. The van der Waals surface area contributed by atoms with E-state index in [1.54, 1.807) is 9.80 Å². The highest BCUT2D eigenvalue weighted by atomic mass is 79.9. The molecule has 1 aliphatic rings. The number of benzene rings is 1. The maximum atomic E-state index is 12.2. The van der Waals surface area contributed by atoms with Crippen molar-refractivity contribution in [3.8, 4) is 5.75 Å². The largest absolute Gasteiger partial charge is 0.493 e. The zero-order valence-corrected chi connectivity index (χ0v) is 14.8. The summed E-state index contributed by atoms with van der Waals surface area (Å²) in [5.74, 6) is 0.783. The van der Waals surface area contributed by atoms with Crippen LogP contribution in [0.5, 0.6) is 5.75 Å². The predicted octanol–water partition coefficient (Wildman–Crippen LogP) is 1.16. The van der Waals surface area contributed by atoms with E-state index < -0.39 is 0 Å². The Hall–Kier alpha value is -1.60. The maximum absolute atomic E-state index is 12.2. The molecule has 1 heterocycles. The molecule has 1 aromatic carbocycles. The van der Waals surface area contributed by atoms with Crippen LogP contribution < -0.4 is 10.5 Å². The highest BCUT2D eigenvalue weighted by Gasteiger charge is 2.23. The van der Waals surface area contributed by atoms with E-state index in [1.807, 2.05) is 25.1 Å². The van der Waals surface area contributed by atoms with Crippen molar-refractivity contribution >= 4 is 27.7 Å². The number of piperazine rings is 1. The van der Waals surface area contributed by atoms with Gasteiger partial charge in [-0.25, -0.2) is 0 Å². The zero-order valence-electron chi connectivity index (χ0n) is 13.3. The standard InChI is InChI=1S/C16H22BrN3O3/c1-12-10-13(17)2-3-14(12)23-9-4-15(21)19-5-7-20(8-6-19)16(22)11-18/h2-3,10H,4-9,11,18H2,1H3. The van der Waals surface area contributed by atoms with E-state index in [0.29, 0.717) is 39.2 Å². The molecule has 0 saturated carbocycles. The third kappa shape index (κ3) is 4.94. The van der Waals surface area contributed by atoms with Crippen LogP contribution in [0.25, 0.3) is 0 Å². The van der Waals surface area contributed by atoms with Crippen LogP contribution in [0.1, 0.15) is 12.0 Å². The Kier molecular flexibility index (Phi) is 6.41. The molecule has 0 radical (unpaired) electrons. The summed E-state index contributed by atoms with van der Waals surface area (Å²) >= 11 is 3.41. The fraction of sp³-hybridized carbons (Fsp3) is 0.500. The Morgan fingerprint density at radius 2 is 1.78 bits per heavy atom. The lowest BCUT2D eigenvalue weighted by Gasteiger charge is -2.34. The molecule has 0 atom stereocenters. The van der Waals surface area contributed by atoms with Crippen molar-refractivity contribution in [2.75, 3.05) is 39.3 Å². The minimum atomic E-state index is -0.0638. The number of hydrogen-bond acceptors (Lipinski definition) is 4. The molecule has 0 bridgehead atoms. The number of carbonyl (C=O) groups excluding carboxylic acids is 2. The predicted molar refractivity (Wildman–Crippen MR) is 91.2 cm³/mol. The highest BCUT2D eigenvalue weighted by Crippen LogP contribution is 2.22. The van der Waals surface area contributed by atoms with Crippen molar-refractivity contribution in [2.24, 2.45) is 5.73 Å². The van der Waals surface area contributed by atoms with Crippen LogP contribution in [-0.2, 0) is 9.59 Å². The molecule has 1 fully saturated rings. The zero-order chi connectivity index (χ0) is 16.8. The van der Waals surface area contributed by atoms with Crippen molar-refractivity contribution in [2.45, 2.75) is 13.3 Å². The second-order valence-electron chi connectivity index (χ2n) is 5.47. The Bertz CT molecular complexity index is 572. The fourth-order valence-corrected chi connectivity index (χ4v) is 2.99. The Labute approximate surface area is 144 Å². The second kappa shape index (κ2) is 8.31. The van der Waals surface area contributed by atoms with Gasteiger partial charge in [0.15, 0.2) is 0 Å². The van der Waals surface area contributed by atoms with Crippen LogP contribution in [0.4, 0.5) is 0 Å². The second-order valence-corrected chi connectivity index (χ2v) is 6.39. The third-order valence-corrected chi connectivity index (χ3v) is 4.36. The van der Waals surface area contributed by atoms with Gasteiger partial charge in [0.2, 0.25) is 11.8 Å². The first kappa shape index (κ1) is 17.7. The van der Waals surface area contributed by atoms with Crippen LogP contribution in [-0.4, -0.2) is 60.9 Å². The number of amides is 2. The first-order valence-corrected chi connectivity index (χ1v) is 8.45. The van der Waals surface area contributed by atoms with Crippen molar-refractivity contribution < 1.29 is 14.3 Å². The number of rotatable bonds is 5. The van der Waals surface area contributed by atoms with Crippen molar-refractivity contribution in [3.63, 3.8) is 0 Å². The van der Waals surface area contributed by atoms with E-state index in [9.17, 15) is 9.59 Å². The summed E-state index contributed by atoms with van der Waals surface area (Å²) in [5, 5.41) is 0. The molecule has 1 saturated heterocycles. The maximum Gasteiger partial charge on any atom is 0.236 e. The monoisotopic (exact) mass is 383 g/mol. The molecule has 1 aromatic rings. The van der Waals surface area contributed by atoms with Gasteiger partial charge in [0, 0.05) is 30.7 Å². The summed E-state index contributed by atoms with van der Waals surface area (Å²) in [6, 6.07) is 5.78. The number of halogens is 1. The molecule has 0 unspecified atom stereocenters. The third-order valence-electron chi connectivity index (χ3n) is 3.87. The van der Waals surface area contributed by atoms with Gasteiger partial charge in [-0.1, -0.05) is 15.9 Å². The molecular formula is C16H22BrN3O3. The van der Waals surface area contributed by atoms with E-state index in [4.69, 9.17) is 10.5 Å². The number of ether oxygens (including phenoxy) is 1. The number of hydrogen-bond donors (Lipinski definition) is 1. The molecule has 23 heavy (non-hydrogen) atoms. The Balaban J connectivity index is 1.74. The van der Waals surface area contributed by atoms with Gasteiger partial charge in [-0.2, -0.15) is 0 Å².